The summed E-state index contributed by atoms with van der Waals surface area (Å²) in [6.45, 7) is 0. The van der Waals surface area contributed by atoms with Gasteiger partial charge in [-0.3, -0.25) is 0 Å². The molecule has 16 heteroatoms. The summed E-state index contributed by atoms with van der Waals surface area (Å²) < 4.78 is 46.3. The second-order valence-corrected chi connectivity index (χ2v) is 8.83. The Kier molecular flexibility index (Phi) is 35.8. The van der Waals surface area contributed by atoms with Crippen LogP contribution in [0.1, 0.15) is 0 Å². The Hall–Kier alpha value is 0.316. The molecule has 29 heavy (non-hydrogen) atoms. The molecule has 1 rings (SSSR count). The zero-order valence-electron chi connectivity index (χ0n) is 17.9. The minimum Gasteiger partial charge on any atom is -0.387 e. The van der Waals surface area contributed by atoms with Crippen LogP contribution in [0.2, 0.25) is 0 Å². The summed E-state index contributed by atoms with van der Waals surface area (Å²) in [6, 6.07) is 0. The molecule has 12 nitrogen and oxygen atoms in total. The van der Waals surface area contributed by atoms with Gasteiger partial charge in [0.15, 0.2) is 0 Å². The molecule has 0 fully saturated rings. The quantitative estimate of drug-likeness (QED) is 0.246. The van der Waals surface area contributed by atoms with Crippen LogP contribution in [-0.4, -0.2) is 75.9 Å². The van der Waals surface area contributed by atoms with Crippen molar-refractivity contribution in [3.8, 4) is 0 Å². The van der Waals surface area contributed by atoms with E-state index in [1.165, 1.54) is 0 Å². The molecule has 0 bridgehead atoms. The summed E-state index contributed by atoms with van der Waals surface area (Å²) in [5.41, 5.74) is 0. The van der Waals surface area contributed by atoms with Crippen LogP contribution in [0.4, 0.5) is 0 Å². The maximum atomic E-state index is 9.92. The summed E-state index contributed by atoms with van der Waals surface area (Å²) in [6.07, 6.45) is 2.17. The first-order valence-corrected chi connectivity index (χ1v) is 10.9. The van der Waals surface area contributed by atoms with E-state index in [0.717, 1.165) is 12.2 Å². The zero-order chi connectivity index (χ0) is 22.4. The second-order valence-electron chi connectivity index (χ2n) is 3.66. The Morgan fingerprint density at radius 3 is 0.724 bits per heavy atom. The molecule has 0 saturated heterocycles. The molecule has 0 amide bonds. The Morgan fingerprint density at radius 2 is 0.690 bits per heavy atom. The maximum Gasteiger partial charge on any atom is 0.397 e. The van der Waals surface area contributed by atoms with Gasteiger partial charge in [0.25, 0.3) is 0 Å². The molecule has 0 aromatic heterocycles. The molecule has 0 aromatic rings. The number of esters is 2. The van der Waals surface area contributed by atoms with E-state index in [4.69, 9.17) is 40.7 Å². The predicted octanol–water partition coefficient (Wildman–Crippen LogP) is 2.28. The van der Waals surface area contributed by atoms with Gasteiger partial charge < -0.3 is 4.74 Å². The van der Waals surface area contributed by atoms with E-state index in [0.29, 0.717) is 0 Å². The second kappa shape index (κ2) is 28.3. The van der Waals surface area contributed by atoms with Crippen LogP contribution in [0.25, 0.3) is 0 Å². The van der Waals surface area contributed by atoms with Crippen molar-refractivity contribution in [3.05, 3.63) is 12.2 Å². The Bertz CT molecular complexity index is 332. The van der Waals surface area contributed by atoms with Gasteiger partial charge in [0, 0.05) is 28.9 Å². The van der Waals surface area contributed by atoms with Gasteiger partial charge in [-0.15, -0.1) is 0 Å². The molecule has 0 unspecified atom stereocenters. The Labute approximate surface area is 185 Å². The Balaban J connectivity index is -0.000000142. The van der Waals surface area contributed by atoms with Crippen LogP contribution in [0.15, 0.2) is 12.2 Å². The molecule has 0 spiro atoms. The molecule has 0 saturated carbocycles. The van der Waals surface area contributed by atoms with Crippen molar-refractivity contribution >= 4 is 37.7 Å². The van der Waals surface area contributed by atoms with Crippen LogP contribution in [-0.2, 0) is 71.8 Å². The van der Waals surface area contributed by atoms with Crippen LogP contribution >= 0.6 is 25.8 Å². The normalized spacial score (nSPS) is 11.7. The molecular formula is C13H32CoO12P3+3. The fourth-order valence-electron chi connectivity index (χ4n) is 1.05. The number of ether oxygens (including phenoxy) is 1. The van der Waals surface area contributed by atoms with E-state index >= 15 is 0 Å². The Morgan fingerprint density at radius 1 is 0.517 bits per heavy atom. The SMILES string of the molecule is CO[PH+](OC)OC.CO[PH+](OC)OC.CO[PH+](OC)OC.O=C1C=CC(=O)O1.[Co]. The minimum absolute atomic E-state index is 0. The maximum absolute atomic E-state index is 9.92. The standard InChI is InChI=1S/C4H2O3.3C3H10O3P.Co/c5-3-1-2-4(6)7-3;3*1-4-7(5-2)6-3;/h1-2H;3*7H,1-3H3;/q;3*+1;. The van der Waals surface area contributed by atoms with E-state index in [1.54, 1.807) is 64.0 Å². The van der Waals surface area contributed by atoms with E-state index in [2.05, 4.69) is 4.74 Å². The first kappa shape index (κ1) is 36.7. The van der Waals surface area contributed by atoms with Gasteiger partial charge in [0.05, 0.1) is 64.0 Å². The van der Waals surface area contributed by atoms with E-state index in [9.17, 15) is 9.59 Å². The van der Waals surface area contributed by atoms with Crippen molar-refractivity contribution in [2.24, 2.45) is 0 Å². The molecule has 1 aliphatic rings. The third-order valence-electron chi connectivity index (χ3n) is 2.06. The van der Waals surface area contributed by atoms with Crippen LogP contribution in [0, 0.1) is 0 Å². The minimum atomic E-state index is -1.36. The van der Waals surface area contributed by atoms with E-state index in [-0.39, 0.29) is 16.8 Å². The van der Waals surface area contributed by atoms with Gasteiger partial charge in [0.1, 0.15) is 0 Å². The van der Waals surface area contributed by atoms with Gasteiger partial charge >= 0.3 is 37.7 Å². The topological polar surface area (TPSA) is 126 Å². The van der Waals surface area contributed by atoms with Gasteiger partial charge in [-0.05, 0) is 0 Å². The molecule has 0 atom stereocenters. The summed E-state index contributed by atoms with van der Waals surface area (Å²) in [5.74, 6) is -1.16. The van der Waals surface area contributed by atoms with Crippen molar-refractivity contribution in [1.82, 2.24) is 0 Å². The van der Waals surface area contributed by atoms with Gasteiger partial charge in [-0.1, -0.05) is 0 Å². The van der Waals surface area contributed by atoms with Gasteiger partial charge in [0.2, 0.25) is 0 Å². The number of hydrogen-bond donors (Lipinski definition) is 0. The summed E-state index contributed by atoms with van der Waals surface area (Å²) >= 11 is 0. The smallest absolute Gasteiger partial charge is 0.387 e. The monoisotopic (exact) mass is 532 g/mol. The van der Waals surface area contributed by atoms with Crippen LogP contribution in [0.3, 0.4) is 0 Å². The molecule has 0 N–H and O–H groups in total. The summed E-state index contributed by atoms with van der Waals surface area (Å²) in [7, 11) is 9.92. The molecule has 0 aliphatic carbocycles. The molecule has 1 heterocycles. The number of hydrogen-bond acceptors (Lipinski definition) is 12. The third kappa shape index (κ3) is 26.3. The fourth-order valence-corrected chi connectivity index (χ4v) is 2.55. The number of cyclic esters (lactones) is 2. The summed E-state index contributed by atoms with van der Waals surface area (Å²) in [5, 5.41) is 0. The van der Waals surface area contributed by atoms with Gasteiger partial charge in [-0.2, -0.15) is 40.7 Å². The van der Waals surface area contributed by atoms with Crippen LogP contribution < -0.4 is 0 Å². The van der Waals surface area contributed by atoms with Gasteiger partial charge in [-0.25, -0.2) is 9.59 Å². The van der Waals surface area contributed by atoms with Crippen molar-refractivity contribution in [1.29, 1.82) is 0 Å². The fraction of sp³-hybridized carbons (Fsp3) is 0.692. The number of carbonyl (C=O) groups excluding carboxylic acids is 2. The molecule has 1 radical (unpaired) electrons. The average molecular weight is 532 g/mol. The summed E-state index contributed by atoms with van der Waals surface area (Å²) in [4.78, 5) is 19.8. The largest absolute Gasteiger partial charge is 0.397 e. The van der Waals surface area contributed by atoms with Crippen LogP contribution in [0.5, 0.6) is 0 Å². The molecule has 177 valence electrons. The van der Waals surface area contributed by atoms with E-state index in [1.807, 2.05) is 0 Å². The average Bonchev–Trinajstić information content (AvgIpc) is 3.10. The molecule has 1 aliphatic heterocycles. The van der Waals surface area contributed by atoms with Crippen molar-refractivity contribution in [2.75, 3.05) is 64.0 Å². The van der Waals surface area contributed by atoms with E-state index < -0.39 is 37.7 Å². The number of carbonyl (C=O) groups is 2. The third-order valence-corrected chi connectivity index (χ3v) is 5.06. The van der Waals surface area contributed by atoms with Crippen molar-refractivity contribution in [2.45, 2.75) is 0 Å². The predicted molar refractivity (Wildman–Crippen MR) is 108 cm³/mol. The zero-order valence-corrected chi connectivity index (χ0v) is 21.9. The molecule has 0 aromatic carbocycles. The van der Waals surface area contributed by atoms with Crippen molar-refractivity contribution in [3.63, 3.8) is 0 Å². The first-order chi connectivity index (χ1) is 13.3. The number of rotatable bonds is 9. The molecular weight excluding hydrogens is 500 g/mol. The van der Waals surface area contributed by atoms with Crippen molar-refractivity contribution < 1.29 is 71.8 Å². The first-order valence-electron chi connectivity index (χ1n) is 7.24.